The number of benzene rings is 1. The highest BCUT2D eigenvalue weighted by molar-refractivity contribution is 6.19. The monoisotopic (exact) mass is 301 g/mol. The number of hydrogen-bond donors (Lipinski definition) is 0. The van der Waals surface area contributed by atoms with Crippen LogP contribution in [0.2, 0.25) is 0 Å². The van der Waals surface area contributed by atoms with Crippen LogP contribution in [0.3, 0.4) is 0 Å². The molecule has 1 aliphatic rings. The predicted octanol–water partition coefficient (Wildman–Crippen LogP) is 3.79. The Hall–Kier alpha value is -2.00. The van der Waals surface area contributed by atoms with E-state index in [0.717, 1.165) is 23.4 Å². The molecule has 0 saturated heterocycles. The number of ether oxygens (including phenoxy) is 1. The minimum atomic E-state index is -0.318. The number of carbonyl (C=O) groups is 1. The number of allylic oxidation sites excluding steroid dienone is 1. The molecule has 0 N–H and O–H groups in total. The van der Waals surface area contributed by atoms with Crippen molar-refractivity contribution in [1.82, 2.24) is 4.57 Å². The zero-order valence-corrected chi connectivity index (χ0v) is 12.5. The lowest BCUT2D eigenvalue weighted by Crippen LogP contribution is -2.23. The van der Waals surface area contributed by atoms with Gasteiger partial charge in [0.1, 0.15) is 0 Å². The maximum absolute atomic E-state index is 11.5. The third kappa shape index (κ3) is 2.61. The first-order chi connectivity index (χ1) is 10.2. The van der Waals surface area contributed by atoms with Crippen LogP contribution in [-0.2, 0) is 16.1 Å². The highest BCUT2D eigenvalue weighted by Crippen LogP contribution is 2.39. The first-order valence-corrected chi connectivity index (χ1v) is 7.43. The Morgan fingerprint density at radius 3 is 2.71 bits per heavy atom. The smallest absolute Gasteiger partial charge is 0.308 e. The van der Waals surface area contributed by atoms with Crippen molar-refractivity contribution in [2.45, 2.75) is 13.5 Å². The normalized spacial score (nSPS) is 17.5. The van der Waals surface area contributed by atoms with Crippen LogP contribution in [0.1, 0.15) is 18.2 Å². The van der Waals surface area contributed by atoms with E-state index in [-0.39, 0.29) is 11.9 Å². The molecule has 108 valence electrons. The number of halogens is 1. The summed E-state index contributed by atoms with van der Waals surface area (Å²) < 4.78 is 7.62. The van der Waals surface area contributed by atoms with Gasteiger partial charge in [0.15, 0.2) is 5.76 Å². The fourth-order valence-electron chi connectivity index (χ4n) is 2.79. The second-order valence-electron chi connectivity index (χ2n) is 5.10. The Morgan fingerprint density at radius 2 is 2.05 bits per heavy atom. The molecule has 0 aliphatic carbocycles. The number of nitrogens with zero attached hydrogens (tertiary/aromatic N) is 1. The van der Waals surface area contributed by atoms with Gasteiger partial charge in [0.2, 0.25) is 0 Å². The largest absolute Gasteiger partial charge is 0.424 e. The fraction of sp³-hybridized carbons (Fsp3) is 0.235. The van der Waals surface area contributed by atoms with E-state index in [4.69, 9.17) is 16.3 Å². The van der Waals surface area contributed by atoms with E-state index in [1.165, 1.54) is 6.92 Å². The van der Waals surface area contributed by atoms with Gasteiger partial charge in [0.05, 0.1) is 5.69 Å². The van der Waals surface area contributed by atoms with Crippen LogP contribution in [0, 0.1) is 5.92 Å². The predicted molar refractivity (Wildman–Crippen MR) is 83.7 cm³/mol. The van der Waals surface area contributed by atoms with Crippen molar-refractivity contribution in [2.24, 2.45) is 5.92 Å². The molecule has 1 atom stereocenters. The number of carbonyl (C=O) groups excluding carboxylic acids is 1. The summed E-state index contributed by atoms with van der Waals surface area (Å²) in [5.74, 6) is 0.896. The third-order valence-corrected chi connectivity index (χ3v) is 4.02. The van der Waals surface area contributed by atoms with E-state index >= 15 is 0 Å². The number of alkyl halides is 1. The molecule has 21 heavy (non-hydrogen) atoms. The number of hydrogen-bond acceptors (Lipinski definition) is 2. The number of fused-ring (bicyclic) bond motifs is 1. The molecule has 1 aromatic heterocycles. The summed E-state index contributed by atoms with van der Waals surface area (Å²) in [5, 5.41) is 0. The third-order valence-electron chi connectivity index (χ3n) is 3.65. The molecular weight excluding hydrogens is 286 g/mol. The van der Waals surface area contributed by atoms with Crippen LogP contribution in [0.25, 0.3) is 11.3 Å². The molecule has 1 unspecified atom stereocenters. The van der Waals surface area contributed by atoms with Crippen molar-refractivity contribution in [3.05, 3.63) is 59.9 Å². The van der Waals surface area contributed by atoms with Gasteiger partial charge in [-0.25, -0.2) is 0 Å². The van der Waals surface area contributed by atoms with Crippen LogP contribution >= 0.6 is 11.6 Å². The molecular formula is C17H16ClNO2. The van der Waals surface area contributed by atoms with Gasteiger partial charge >= 0.3 is 5.97 Å². The standard InChI is InChI=1S/C17H16ClNO2/c1-12(20)21-17-15-8-5-9-19(15)11-14(10-18)16(17)13-6-3-2-4-7-13/h2-9,14H,10-11H2,1H3. The van der Waals surface area contributed by atoms with Crippen LogP contribution in [-0.4, -0.2) is 16.4 Å². The molecule has 0 saturated carbocycles. The molecule has 1 aromatic carbocycles. The van der Waals surface area contributed by atoms with Crippen molar-refractivity contribution in [3.8, 4) is 0 Å². The van der Waals surface area contributed by atoms with E-state index in [0.29, 0.717) is 11.6 Å². The van der Waals surface area contributed by atoms with E-state index in [9.17, 15) is 4.79 Å². The number of rotatable bonds is 3. The molecule has 0 bridgehead atoms. The lowest BCUT2D eigenvalue weighted by molar-refractivity contribution is -0.134. The van der Waals surface area contributed by atoms with E-state index in [1.54, 1.807) is 0 Å². The summed E-state index contributed by atoms with van der Waals surface area (Å²) in [4.78, 5) is 11.5. The van der Waals surface area contributed by atoms with Gasteiger partial charge in [-0.05, 0) is 17.7 Å². The molecule has 0 amide bonds. The first-order valence-electron chi connectivity index (χ1n) is 6.90. The Morgan fingerprint density at radius 1 is 1.29 bits per heavy atom. The van der Waals surface area contributed by atoms with Crippen molar-refractivity contribution in [1.29, 1.82) is 0 Å². The number of esters is 1. The van der Waals surface area contributed by atoms with Crippen LogP contribution < -0.4 is 0 Å². The first kappa shape index (κ1) is 14.0. The lowest BCUT2D eigenvalue weighted by atomic mass is 9.89. The zero-order chi connectivity index (χ0) is 14.8. The van der Waals surface area contributed by atoms with E-state index in [1.807, 2.05) is 48.7 Å². The average Bonchev–Trinajstić information content (AvgIpc) is 2.95. The molecule has 2 aromatic rings. The Kier molecular flexibility index (Phi) is 3.84. The van der Waals surface area contributed by atoms with Crippen LogP contribution in [0.5, 0.6) is 0 Å². The summed E-state index contributed by atoms with van der Waals surface area (Å²) in [5.41, 5.74) is 2.98. The second kappa shape index (κ2) is 5.78. The molecule has 0 spiro atoms. The Bertz CT molecular complexity index is 688. The summed E-state index contributed by atoms with van der Waals surface area (Å²) in [7, 11) is 0. The average molecular weight is 302 g/mol. The maximum Gasteiger partial charge on any atom is 0.308 e. The van der Waals surface area contributed by atoms with Crippen LogP contribution in [0.15, 0.2) is 48.7 Å². The minimum absolute atomic E-state index is 0.114. The highest BCUT2D eigenvalue weighted by atomic mass is 35.5. The summed E-state index contributed by atoms with van der Waals surface area (Å²) in [6.07, 6.45) is 1.99. The summed E-state index contributed by atoms with van der Waals surface area (Å²) in [6, 6.07) is 13.9. The van der Waals surface area contributed by atoms with E-state index < -0.39 is 0 Å². The van der Waals surface area contributed by atoms with Gasteiger partial charge in [-0.2, -0.15) is 0 Å². The van der Waals surface area contributed by atoms with Crippen molar-refractivity contribution >= 4 is 28.9 Å². The van der Waals surface area contributed by atoms with Gasteiger partial charge in [-0.3, -0.25) is 4.79 Å². The maximum atomic E-state index is 11.5. The summed E-state index contributed by atoms with van der Waals surface area (Å²) in [6.45, 7) is 2.22. The molecule has 0 fully saturated rings. The van der Waals surface area contributed by atoms with Crippen molar-refractivity contribution in [3.63, 3.8) is 0 Å². The lowest BCUT2D eigenvalue weighted by Gasteiger charge is -2.28. The topological polar surface area (TPSA) is 31.2 Å². The minimum Gasteiger partial charge on any atom is -0.424 e. The SMILES string of the molecule is CC(=O)OC1=C(c2ccccc2)C(CCl)Cn2cccc21. The van der Waals surface area contributed by atoms with Crippen molar-refractivity contribution < 1.29 is 9.53 Å². The second-order valence-corrected chi connectivity index (χ2v) is 5.41. The zero-order valence-electron chi connectivity index (χ0n) is 11.8. The Balaban J connectivity index is 2.21. The molecule has 2 heterocycles. The van der Waals surface area contributed by atoms with Crippen molar-refractivity contribution in [2.75, 3.05) is 5.88 Å². The highest BCUT2D eigenvalue weighted by Gasteiger charge is 2.29. The van der Waals surface area contributed by atoms with Gasteiger partial charge in [-0.15, -0.1) is 11.6 Å². The van der Waals surface area contributed by atoms with Gasteiger partial charge < -0.3 is 9.30 Å². The number of aromatic nitrogens is 1. The molecule has 0 radical (unpaired) electrons. The van der Waals surface area contributed by atoms with E-state index in [2.05, 4.69) is 4.57 Å². The molecule has 4 heteroatoms. The molecule has 1 aliphatic heterocycles. The summed E-state index contributed by atoms with van der Waals surface area (Å²) >= 11 is 6.17. The quantitative estimate of drug-likeness (QED) is 0.638. The fourth-order valence-corrected chi connectivity index (χ4v) is 3.04. The van der Waals surface area contributed by atoms with Gasteiger partial charge in [-0.1, -0.05) is 30.3 Å². The van der Waals surface area contributed by atoms with Gasteiger partial charge in [0.25, 0.3) is 0 Å². The van der Waals surface area contributed by atoms with Crippen LogP contribution in [0.4, 0.5) is 0 Å². The molecule has 3 nitrogen and oxygen atoms in total. The van der Waals surface area contributed by atoms with Gasteiger partial charge in [0, 0.05) is 37.0 Å². The Labute approximate surface area is 128 Å². The molecule has 3 rings (SSSR count).